The van der Waals surface area contributed by atoms with Crippen molar-refractivity contribution in [2.45, 2.75) is 18.4 Å². The fraction of sp³-hybridized carbons (Fsp3) is 0.500. The van der Waals surface area contributed by atoms with Gasteiger partial charge in [0.1, 0.15) is 0 Å². The van der Waals surface area contributed by atoms with Crippen molar-refractivity contribution in [1.29, 1.82) is 0 Å². The normalized spacial score (nSPS) is 9.40. The molecule has 0 aromatic rings. The van der Waals surface area contributed by atoms with Crippen LogP contribution in [0.5, 0.6) is 0 Å². The monoisotopic (exact) mass is 249 g/mol. The third-order valence-electron chi connectivity index (χ3n) is 1.29. The van der Waals surface area contributed by atoms with Gasteiger partial charge in [0.2, 0.25) is 0 Å². The molecule has 0 aliphatic carbocycles. The molecule has 0 unspecified atom stereocenters. The number of hydrogen-bond acceptors (Lipinski definition) is 5. The molecule has 0 aliphatic rings. The number of aliphatic carboxylic acids is 3. The first-order chi connectivity index (χ1) is 5.78. The van der Waals surface area contributed by atoms with Gasteiger partial charge in [0.05, 0.1) is 12.8 Å². The van der Waals surface area contributed by atoms with Gasteiger partial charge in [-0.15, -0.1) is 0 Å². The number of hydrogen-bond donors (Lipinski definition) is 4. The van der Waals surface area contributed by atoms with Gasteiger partial charge >= 0.3 is 55.6 Å². The molecule has 0 aromatic carbocycles. The van der Waals surface area contributed by atoms with Crippen LogP contribution in [0, 0.1) is 0 Å². The summed E-state index contributed by atoms with van der Waals surface area (Å²) in [5, 5.41) is 33.8. The smallest absolute Gasteiger partial charge is 0.870 e. The molecule has 0 aliphatic heterocycles. The molecule has 0 heterocycles. The summed E-state index contributed by atoms with van der Waals surface area (Å²) in [5.74, 6) is -5.02. The molecular formula is C6H9CaO8+. The summed E-state index contributed by atoms with van der Waals surface area (Å²) < 4.78 is 0. The van der Waals surface area contributed by atoms with Crippen LogP contribution in [0.1, 0.15) is 12.8 Å². The first-order valence-electron chi connectivity index (χ1n) is 3.17. The molecule has 9 heteroatoms. The van der Waals surface area contributed by atoms with E-state index in [1.807, 2.05) is 0 Å². The van der Waals surface area contributed by atoms with E-state index >= 15 is 0 Å². The van der Waals surface area contributed by atoms with E-state index in [0.29, 0.717) is 0 Å². The summed E-state index contributed by atoms with van der Waals surface area (Å²) in [4.78, 5) is 30.5. The Labute approximate surface area is 114 Å². The predicted octanol–water partition coefficient (Wildman–Crippen LogP) is -1.81. The average molecular weight is 249 g/mol. The maximum Gasteiger partial charge on any atom is 2.00 e. The fourth-order valence-electron chi connectivity index (χ4n) is 0.714. The van der Waals surface area contributed by atoms with E-state index in [1.54, 1.807) is 0 Å². The van der Waals surface area contributed by atoms with Crippen molar-refractivity contribution >= 4 is 55.6 Å². The van der Waals surface area contributed by atoms with E-state index in [2.05, 4.69) is 0 Å². The number of aliphatic hydroxyl groups is 1. The zero-order valence-corrected chi connectivity index (χ0v) is 9.79. The van der Waals surface area contributed by atoms with Gasteiger partial charge in [-0.2, -0.15) is 0 Å². The molecule has 0 bridgehead atoms. The second-order valence-electron chi connectivity index (χ2n) is 2.48. The van der Waals surface area contributed by atoms with Crippen molar-refractivity contribution < 1.29 is 40.3 Å². The third-order valence-corrected chi connectivity index (χ3v) is 1.29. The molecule has 0 atom stereocenters. The van der Waals surface area contributed by atoms with Gasteiger partial charge in [-0.1, -0.05) is 0 Å². The fourth-order valence-corrected chi connectivity index (χ4v) is 0.714. The Hall–Kier alpha value is -0.410. The quantitative estimate of drug-likeness (QED) is 0.414. The third kappa shape index (κ3) is 7.51. The van der Waals surface area contributed by atoms with E-state index < -0.39 is 36.4 Å². The van der Waals surface area contributed by atoms with Crippen molar-refractivity contribution in [3.05, 3.63) is 0 Å². The molecule has 0 aromatic heterocycles. The van der Waals surface area contributed by atoms with Crippen LogP contribution in [0.4, 0.5) is 0 Å². The molecule has 0 radical (unpaired) electrons. The molecule has 0 rings (SSSR count). The van der Waals surface area contributed by atoms with E-state index in [1.165, 1.54) is 0 Å². The molecule has 0 saturated carbocycles. The summed E-state index contributed by atoms with van der Waals surface area (Å²) in [7, 11) is 0. The Kier molecular flexibility index (Phi) is 10.5. The number of rotatable bonds is 5. The van der Waals surface area contributed by atoms with Crippen LogP contribution < -0.4 is 0 Å². The second kappa shape index (κ2) is 7.83. The number of carbonyl (C=O) groups is 3. The van der Waals surface area contributed by atoms with Gasteiger partial charge in [-0.3, -0.25) is 9.59 Å². The molecular weight excluding hydrogens is 240 g/mol. The predicted molar refractivity (Wildman–Crippen MR) is 44.8 cm³/mol. The van der Waals surface area contributed by atoms with Crippen LogP contribution in [0.3, 0.4) is 0 Å². The van der Waals surface area contributed by atoms with Crippen molar-refractivity contribution in [2.75, 3.05) is 0 Å². The minimum Gasteiger partial charge on any atom is -0.870 e. The summed E-state index contributed by atoms with van der Waals surface area (Å²) >= 11 is 0. The van der Waals surface area contributed by atoms with Gasteiger partial charge in [0, 0.05) is 0 Å². The van der Waals surface area contributed by atoms with Gasteiger partial charge in [0.25, 0.3) is 0 Å². The van der Waals surface area contributed by atoms with Crippen LogP contribution in [-0.4, -0.2) is 87.1 Å². The SMILES string of the molecule is O=C(O)CC(O)(CC(=O)O)C(=O)O.[Ca+2].[OH-]. The molecule has 0 fully saturated rings. The van der Waals surface area contributed by atoms with Crippen LogP contribution >= 0.6 is 0 Å². The Balaban J connectivity index is -0.000000720. The first kappa shape index (κ1) is 20.1. The maximum atomic E-state index is 10.3. The van der Waals surface area contributed by atoms with E-state index in [-0.39, 0.29) is 43.2 Å². The van der Waals surface area contributed by atoms with Crippen molar-refractivity contribution in [3.63, 3.8) is 0 Å². The Morgan fingerprint density at radius 2 is 1.20 bits per heavy atom. The second-order valence-corrected chi connectivity index (χ2v) is 2.48. The standard InChI is InChI=1S/C6H8O7.Ca.H2O/c7-3(8)1-6(13,5(11)12)2-4(9)10;;/h13H,1-2H2,(H,7,8)(H,9,10)(H,11,12);;1H2/q;+2;/p-1. The summed E-state index contributed by atoms with van der Waals surface area (Å²) in [5.41, 5.74) is -2.74. The van der Waals surface area contributed by atoms with Gasteiger partial charge < -0.3 is 25.9 Å². The number of carboxylic acids is 3. The van der Waals surface area contributed by atoms with Crippen molar-refractivity contribution in [2.24, 2.45) is 0 Å². The van der Waals surface area contributed by atoms with E-state index in [4.69, 9.17) is 20.4 Å². The molecule has 15 heavy (non-hydrogen) atoms. The van der Waals surface area contributed by atoms with Crippen molar-refractivity contribution in [3.8, 4) is 0 Å². The maximum absolute atomic E-state index is 10.3. The van der Waals surface area contributed by atoms with Crippen LogP contribution in [-0.2, 0) is 14.4 Å². The Morgan fingerprint density at radius 3 is 1.33 bits per heavy atom. The zero-order chi connectivity index (χ0) is 10.6. The van der Waals surface area contributed by atoms with E-state index in [9.17, 15) is 14.4 Å². The van der Waals surface area contributed by atoms with Gasteiger partial charge in [0.15, 0.2) is 5.60 Å². The van der Waals surface area contributed by atoms with Gasteiger partial charge in [-0.25, -0.2) is 4.79 Å². The molecule has 5 N–H and O–H groups in total. The molecule has 0 saturated heterocycles. The van der Waals surface area contributed by atoms with Crippen LogP contribution in [0.25, 0.3) is 0 Å². The Morgan fingerprint density at radius 1 is 0.933 bits per heavy atom. The summed E-state index contributed by atoms with van der Waals surface area (Å²) in [6.07, 6.45) is -2.29. The van der Waals surface area contributed by atoms with Crippen molar-refractivity contribution in [1.82, 2.24) is 0 Å². The largest absolute Gasteiger partial charge is 2.00 e. The Bertz CT molecular complexity index is 234. The topological polar surface area (TPSA) is 162 Å². The molecule has 8 nitrogen and oxygen atoms in total. The van der Waals surface area contributed by atoms with Gasteiger partial charge in [-0.05, 0) is 0 Å². The minimum atomic E-state index is -2.74. The first-order valence-corrected chi connectivity index (χ1v) is 3.17. The summed E-state index contributed by atoms with van der Waals surface area (Å²) in [6, 6.07) is 0. The zero-order valence-electron chi connectivity index (χ0n) is 7.58. The number of carboxylic acid groups (broad SMARTS) is 3. The molecule has 82 valence electrons. The average Bonchev–Trinajstić information content (AvgIpc) is 1.82. The molecule has 0 amide bonds. The summed E-state index contributed by atoms with van der Waals surface area (Å²) in [6.45, 7) is 0. The minimum absolute atomic E-state index is 0. The van der Waals surface area contributed by atoms with Crippen LogP contribution in [0.2, 0.25) is 0 Å². The van der Waals surface area contributed by atoms with Crippen LogP contribution in [0.15, 0.2) is 0 Å². The molecule has 0 spiro atoms. The van der Waals surface area contributed by atoms with E-state index in [0.717, 1.165) is 0 Å².